The second-order valence-electron chi connectivity index (χ2n) is 5.39. The molecule has 0 aliphatic carbocycles. The highest BCUT2D eigenvalue weighted by atomic mass is 16.5. The maximum absolute atomic E-state index is 5.86. The van der Waals surface area contributed by atoms with Crippen LogP contribution in [-0.4, -0.2) is 36.7 Å². The fourth-order valence-corrected chi connectivity index (χ4v) is 3.05. The van der Waals surface area contributed by atoms with Crippen molar-refractivity contribution in [1.29, 1.82) is 0 Å². The minimum absolute atomic E-state index is 0.519. The first kappa shape index (κ1) is 11.2. The topological polar surface area (TPSA) is 12.5 Å². The van der Waals surface area contributed by atoms with Crippen LogP contribution >= 0.6 is 0 Å². The Balaban J connectivity index is 1.56. The number of hydrogen-bond donors (Lipinski definition) is 0. The second-order valence-corrected chi connectivity index (χ2v) is 5.39. The molecule has 2 atom stereocenters. The summed E-state index contributed by atoms with van der Waals surface area (Å²) in [6.45, 7) is 5.67. The van der Waals surface area contributed by atoms with Crippen molar-refractivity contribution < 1.29 is 4.74 Å². The number of morpholine rings is 1. The zero-order valence-corrected chi connectivity index (χ0v) is 10.6. The van der Waals surface area contributed by atoms with Gasteiger partial charge in [-0.05, 0) is 37.3 Å². The molecule has 1 aromatic rings. The summed E-state index contributed by atoms with van der Waals surface area (Å²) < 4.78 is 5.86. The lowest BCUT2D eigenvalue weighted by Gasteiger charge is -2.32. The van der Waals surface area contributed by atoms with Gasteiger partial charge in [-0.3, -0.25) is 4.90 Å². The third-order valence-corrected chi connectivity index (χ3v) is 4.08. The van der Waals surface area contributed by atoms with Crippen LogP contribution in [-0.2, 0) is 11.2 Å². The summed E-state index contributed by atoms with van der Waals surface area (Å²) in [5.74, 6) is 0. The standard InChI is InChI=1S/C15H21NO/c1-12-4-2-3-5-13(12)8-9-16-10-14-6-7-15(11-16)17-14/h2-5,14-15H,6-11H2,1H3. The molecule has 2 heteroatoms. The predicted molar refractivity (Wildman–Crippen MR) is 69.2 cm³/mol. The molecule has 0 amide bonds. The van der Waals surface area contributed by atoms with Gasteiger partial charge in [0.2, 0.25) is 0 Å². The van der Waals surface area contributed by atoms with Gasteiger partial charge in [0.05, 0.1) is 12.2 Å². The van der Waals surface area contributed by atoms with Crippen molar-refractivity contribution in [3.05, 3.63) is 35.4 Å². The maximum atomic E-state index is 5.86. The molecule has 2 nitrogen and oxygen atoms in total. The molecule has 17 heavy (non-hydrogen) atoms. The smallest absolute Gasteiger partial charge is 0.0707 e. The fourth-order valence-electron chi connectivity index (χ4n) is 3.05. The van der Waals surface area contributed by atoms with Gasteiger partial charge >= 0.3 is 0 Å². The molecule has 92 valence electrons. The van der Waals surface area contributed by atoms with E-state index in [0.717, 1.165) is 13.1 Å². The van der Waals surface area contributed by atoms with E-state index in [0.29, 0.717) is 12.2 Å². The Bertz CT molecular complexity index is 378. The summed E-state index contributed by atoms with van der Waals surface area (Å²) in [6, 6.07) is 8.72. The number of ether oxygens (including phenoxy) is 1. The molecule has 2 aliphatic rings. The van der Waals surface area contributed by atoms with Crippen molar-refractivity contribution in [3.63, 3.8) is 0 Å². The quantitative estimate of drug-likeness (QED) is 0.792. The van der Waals surface area contributed by atoms with Crippen molar-refractivity contribution in [2.24, 2.45) is 0 Å². The monoisotopic (exact) mass is 231 g/mol. The Hall–Kier alpha value is -0.860. The normalized spacial score (nSPS) is 28.5. The zero-order chi connectivity index (χ0) is 11.7. The highest BCUT2D eigenvalue weighted by molar-refractivity contribution is 5.25. The van der Waals surface area contributed by atoms with Crippen molar-refractivity contribution in [1.82, 2.24) is 4.90 Å². The lowest BCUT2D eigenvalue weighted by atomic mass is 10.1. The Morgan fingerprint density at radius 1 is 1.18 bits per heavy atom. The largest absolute Gasteiger partial charge is 0.372 e. The molecular formula is C15H21NO. The molecular weight excluding hydrogens is 210 g/mol. The summed E-state index contributed by atoms with van der Waals surface area (Å²) in [4.78, 5) is 2.58. The molecule has 0 radical (unpaired) electrons. The van der Waals surface area contributed by atoms with Crippen LogP contribution in [0.4, 0.5) is 0 Å². The van der Waals surface area contributed by atoms with Gasteiger partial charge in [-0.25, -0.2) is 0 Å². The SMILES string of the molecule is Cc1ccccc1CCN1CC2CCC(C1)O2. The third-order valence-electron chi connectivity index (χ3n) is 4.08. The molecule has 2 saturated heterocycles. The van der Waals surface area contributed by atoms with E-state index in [1.54, 1.807) is 0 Å². The van der Waals surface area contributed by atoms with Crippen LogP contribution in [0.1, 0.15) is 24.0 Å². The second kappa shape index (κ2) is 4.79. The van der Waals surface area contributed by atoms with Crippen molar-refractivity contribution >= 4 is 0 Å². The first-order chi connectivity index (χ1) is 8.31. The number of nitrogens with zero attached hydrogens (tertiary/aromatic N) is 1. The van der Waals surface area contributed by atoms with E-state index in [-0.39, 0.29) is 0 Å². The van der Waals surface area contributed by atoms with E-state index in [1.807, 2.05) is 0 Å². The molecule has 2 fully saturated rings. The van der Waals surface area contributed by atoms with Crippen molar-refractivity contribution in [2.45, 2.75) is 38.4 Å². The molecule has 0 saturated carbocycles. The molecule has 0 spiro atoms. The lowest BCUT2D eigenvalue weighted by molar-refractivity contribution is -0.0377. The molecule has 0 N–H and O–H groups in total. The number of benzene rings is 1. The van der Waals surface area contributed by atoms with Crippen LogP contribution in [0.25, 0.3) is 0 Å². The summed E-state index contributed by atoms with van der Waals surface area (Å²) >= 11 is 0. The first-order valence-corrected chi connectivity index (χ1v) is 6.73. The minimum atomic E-state index is 0.519. The van der Waals surface area contributed by atoms with Gasteiger partial charge in [0.15, 0.2) is 0 Å². The van der Waals surface area contributed by atoms with Crippen LogP contribution in [0.5, 0.6) is 0 Å². The van der Waals surface area contributed by atoms with Crippen LogP contribution in [0.2, 0.25) is 0 Å². The van der Waals surface area contributed by atoms with Crippen LogP contribution in [0, 0.1) is 6.92 Å². The summed E-state index contributed by atoms with van der Waals surface area (Å²) in [7, 11) is 0. The first-order valence-electron chi connectivity index (χ1n) is 6.73. The summed E-state index contributed by atoms with van der Waals surface area (Å²) in [6.07, 6.45) is 4.75. The number of fused-ring (bicyclic) bond motifs is 2. The predicted octanol–water partition coefficient (Wildman–Crippen LogP) is 2.40. The Labute approximate surface area is 104 Å². The van der Waals surface area contributed by atoms with Crippen LogP contribution < -0.4 is 0 Å². The minimum Gasteiger partial charge on any atom is -0.372 e. The average Bonchev–Trinajstić information content (AvgIpc) is 2.68. The van der Waals surface area contributed by atoms with Gasteiger partial charge < -0.3 is 4.74 Å². The average molecular weight is 231 g/mol. The molecule has 2 unspecified atom stereocenters. The highest BCUT2D eigenvalue weighted by Gasteiger charge is 2.33. The van der Waals surface area contributed by atoms with E-state index in [9.17, 15) is 0 Å². The molecule has 1 aromatic carbocycles. The van der Waals surface area contributed by atoms with Gasteiger partial charge in [0.25, 0.3) is 0 Å². The van der Waals surface area contributed by atoms with Crippen LogP contribution in [0.3, 0.4) is 0 Å². The summed E-state index contributed by atoms with van der Waals surface area (Å²) in [5.41, 5.74) is 2.91. The molecule has 3 rings (SSSR count). The van der Waals surface area contributed by atoms with Crippen molar-refractivity contribution in [3.8, 4) is 0 Å². The Morgan fingerprint density at radius 3 is 2.59 bits per heavy atom. The van der Waals surface area contributed by atoms with E-state index in [1.165, 1.54) is 36.9 Å². The van der Waals surface area contributed by atoms with E-state index in [4.69, 9.17) is 4.74 Å². The molecule has 0 aromatic heterocycles. The fraction of sp³-hybridized carbons (Fsp3) is 0.600. The number of likely N-dealkylation sites (tertiary alicyclic amines) is 1. The number of hydrogen-bond acceptors (Lipinski definition) is 2. The van der Waals surface area contributed by atoms with Crippen molar-refractivity contribution in [2.75, 3.05) is 19.6 Å². The van der Waals surface area contributed by atoms with Gasteiger partial charge in [-0.1, -0.05) is 24.3 Å². The molecule has 2 aliphatic heterocycles. The highest BCUT2D eigenvalue weighted by Crippen LogP contribution is 2.26. The molecule has 2 heterocycles. The van der Waals surface area contributed by atoms with Gasteiger partial charge in [0, 0.05) is 19.6 Å². The maximum Gasteiger partial charge on any atom is 0.0707 e. The van der Waals surface area contributed by atoms with E-state index >= 15 is 0 Å². The van der Waals surface area contributed by atoms with E-state index < -0.39 is 0 Å². The zero-order valence-electron chi connectivity index (χ0n) is 10.6. The third kappa shape index (κ3) is 2.53. The number of aryl methyl sites for hydroxylation is 1. The van der Waals surface area contributed by atoms with E-state index in [2.05, 4.69) is 36.1 Å². The number of rotatable bonds is 3. The van der Waals surface area contributed by atoms with Gasteiger partial charge in [-0.15, -0.1) is 0 Å². The lowest BCUT2D eigenvalue weighted by Crippen LogP contribution is -2.43. The van der Waals surface area contributed by atoms with Gasteiger partial charge in [0.1, 0.15) is 0 Å². The Morgan fingerprint density at radius 2 is 1.88 bits per heavy atom. The van der Waals surface area contributed by atoms with Gasteiger partial charge in [-0.2, -0.15) is 0 Å². The summed E-state index contributed by atoms with van der Waals surface area (Å²) in [5, 5.41) is 0. The Kier molecular flexibility index (Phi) is 3.17. The molecule has 2 bridgehead atoms. The van der Waals surface area contributed by atoms with Crippen LogP contribution in [0.15, 0.2) is 24.3 Å².